The first kappa shape index (κ1) is 20.6. The van der Waals surface area contributed by atoms with Crippen LogP contribution in [0.2, 0.25) is 0 Å². The number of likely N-dealkylation sites (N-methyl/N-ethyl adjacent to an activating group) is 1. The smallest absolute Gasteiger partial charge is 0.261 e. The molecular weight excluding hydrogens is 366 g/mol. The molecule has 1 unspecified atom stereocenters. The largest absolute Gasteiger partial charge is 0.497 e. The molecule has 0 fully saturated rings. The highest BCUT2D eigenvalue weighted by Gasteiger charge is 2.23. The second-order valence-corrected chi connectivity index (χ2v) is 7.15. The fraction of sp³-hybridized carbons (Fsp3) is 0.348. The van der Waals surface area contributed by atoms with Gasteiger partial charge in [0.05, 0.1) is 30.5 Å². The Morgan fingerprint density at radius 2 is 1.86 bits per heavy atom. The van der Waals surface area contributed by atoms with Gasteiger partial charge >= 0.3 is 0 Å². The highest BCUT2D eigenvalue weighted by atomic mass is 16.5. The van der Waals surface area contributed by atoms with E-state index in [-0.39, 0.29) is 23.9 Å². The molecule has 6 heteroatoms. The summed E-state index contributed by atoms with van der Waals surface area (Å²) in [6.45, 7) is 4.50. The maximum absolute atomic E-state index is 13.0. The van der Waals surface area contributed by atoms with E-state index >= 15 is 0 Å². The fourth-order valence-electron chi connectivity index (χ4n) is 3.38. The molecule has 0 aliphatic carbocycles. The van der Waals surface area contributed by atoms with Crippen molar-refractivity contribution in [2.75, 3.05) is 14.2 Å². The molecule has 0 N–H and O–H groups in total. The van der Waals surface area contributed by atoms with Gasteiger partial charge in [-0.15, -0.1) is 0 Å². The Kier molecular flexibility index (Phi) is 6.32. The van der Waals surface area contributed by atoms with Crippen molar-refractivity contribution in [3.05, 3.63) is 70.3 Å². The summed E-state index contributed by atoms with van der Waals surface area (Å²) >= 11 is 0. The standard InChI is InChI=1S/C23H27N3O3/c1-5-14-26-22(24-20-9-7-6-8-19(20)23(26)28)16(2)25(3)21(27)15-17-10-12-18(29-4)13-11-17/h6-13,16H,5,14-15H2,1-4H3. The highest BCUT2D eigenvalue weighted by Crippen LogP contribution is 2.20. The summed E-state index contributed by atoms with van der Waals surface area (Å²) in [6, 6.07) is 14.5. The average Bonchev–Trinajstić information content (AvgIpc) is 2.75. The van der Waals surface area contributed by atoms with Crippen LogP contribution in [0.5, 0.6) is 5.75 Å². The number of aromatic nitrogens is 2. The number of carbonyl (C=O) groups is 1. The van der Waals surface area contributed by atoms with Crippen LogP contribution in [0.1, 0.15) is 37.7 Å². The fourth-order valence-corrected chi connectivity index (χ4v) is 3.38. The van der Waals surface area contributed by atoms with E-state index in [4.69, 9.17) is 9.72 Å². The van der Waals surface area contributed by atoms with Gasteiger partial charge in [0.25, 0.3) is 5.56 Å². The molecule has 0 aliphatic heterocycles. The van der Waals surface area contributed by atoms with Crippen molar-refractivity contribution in [1.82, 2.24) is 14.5 Å². The summed E-state index contributed by atoms with van der Waals surface area (Å²) in [5.74, 6) is 1.33. The van der Waals surface area contributed by atoms with Crippen molar-refractivity contribution in [2.24, 2.45) is 0 Å². The Morgan fingerprint density at radius 3 is 2.52 bits per heavy atom. The molecule has 6 nitrogen and oxygen atoms in total. The monoisotopic (exact) mass is 393 g/mol. The van der Waals surface area contributed by atoms with Gasteiger partial charge in [-0.2, -0.15) is 0 Å². The number of fused-ring (bicyclic) bond motifs is 1. The number of para-hydroxylation sites is 1. The molecule has 1 amide bonds. The van der Waals surface area contributed by atoms with Gasteiger partial charge in [0.15, 0.2) is 0 Å². The minimum atomic E-state index is -0.329. The topological polar surface area (TPSA) is 64.4 Å². The van der Waals surface area contributed by atoms with Gasteiger partial charge < -0.3 is 9.64 Å². The zero-order valence-corrected chi connectivity index (χ0v) is 17.4. The predicted octanol–water partition coefficient (Wildman–Crippen LogP) is 3.58. The second-order valence-electron chi connectivity index (χ2n) is 7.15. The second kappa shape index (κ2) is 8.90. The first-order valence-corrected chi connectivity index (χ1v) is 9.84. The molecule has 0 spiro atoms. The molecule has 1 aromatic heterocycles. The quantitative estimate of drug-likeness (QED) is 0.615. The van der Waals surface area contributed by atoms with E-state index in [1.807, 2.05) is 56.3 Å². The lowest BCUT2D eigenvalue weighted by Gasteiger charge is -2.27. The van der Waals surface area contributed by atoms with Crippen LogP contribution >= 0.6 is 0 Å². The van der Waals surface area contributed by atoms with Crippen LogP contribution in [0.25, 0.3) is 10.9 Å². The van der Waals surface area contributed by atoms with Crippen molar-refractivity contribution in [1.29, 1.82) is 0 Å². The number of carbonyl (C=O) groups excluding carboxylic acids is 1. The average molecular weight is 393 g/mol. The van der Waals surface area contributed by atoms with Crippen molar-refractivity contribution >= 4 is 16.8 Å². The SMILES string of the molecule is CCCn1c(C(C)N(C)C(=O)Cc2ccc(OC)cc2)nc2ccccc2c1=O. The van der Waals surface area contributed by atoms with Gasteiger partial charge in [0, 0.05) is 13.6 Å². The van der Waals surface area contributed by atoms with Crippen LogP contribution in [0, 0.1) is 0 Å². The zero-order valence-electron chi connectivity index (χ0n) is 17.4. The maximum Gasteiger partial charge on any atom is 0.261 e. The van der Waals surface area contributed by atoms with E-state index < -0.39 is 0 Å². The summed E-state index contributed by atoms with van der Waals surface area (Å²) in [7, 11) is 3.37. The number of rotatable bonds is 7. The molecule has 0 saturated heterocycles. The third-order valence-corrected chi connectivity index (χ3v) is 5.20. The minimum absolute atomic E-state index is 0.0341. The zero-order chi connectivity index (χ0) is 21.0. The lowest BCUT2D eigenvalue weighted by Crippen LogP contribution is -2.36. The van der Waals surface area contributed by atoms with Crippen molar-refractivity contribution < 1.29 is 9.53 Å². The Morgan fingerprint density at radius 1 is 1.17 bits per heavy atom. The number of ether oxygens (including phenoxy) is 1. The first-order valence-electron chi connectivity index (χ1n) is 9.84. The van der Waals surface area contributed by atoms with Crippen LogP contribution in [0.15, 0.2) is 53.3 Å². The first-order chi connectivity index (χ1) is 14.0. The van der Waals surface area contributed by atoms with Crippen LogP contribution in [-0.4, -0.2) is 34.5 Å². The van der Waals surface area contributed by atoms with Gasteiger partial charge in [-0.1, -0.05) is 31.2 Å². The summed E-state index contributed by atoms with van der Waals surface area (Å²) in [5, 5.41) is 0.601. The van der Waals surface area contributed by atoms with Crippen LogP contribution in [0.4, 0.5) is 0 Å². The molecule has 0 saturated carbocycles. The molecule has 0 radical (unpaired) electrons. The minimum Gasteiger partial charge on any atom is -0.497 e. The third kappa shape index (κ3) is 4.31. The molecule has 0 bridgehead atoms. The summed E-state index contributed by atoms with van der Waals surface area (Å²) in [6.07, 6.45) is 1.08. The molecule has 1 heterocycles. The lowest BCUT2D eigenvalue weighted by atomic mass is 10.1. The van der Waals surface area contributed by atoms with Crippen LogP contribution in [-0.2, 0) is 17.8 Å². The normalized spacial score (nSPS) is 12.0. The summed E-state index contributed by atoms with van der Waals surface area (Å²) < 4.78 is 6.86. The van der Waals surface area contributed by atoms with E-state index in [1.54, 1.807) is 29.7 Å². The molecule has 152 valence electrons. The highest BCUT2D eigenvalue weighted by molar-refractivity contribution is 5.79. The molecule has 2 aromatic carbocycles. The van der Waals surface area contributed by atoms with Crippen molar-refractivity contribution in [2.45, 2.75) is 39.3 Å². The van der Waals surface area contributed by atoms with Crippen molar-refractivity contribution in [3.63, 3.8) is 0 Å². The maximum atomic E-state index is 13.0. The Hall–Kier alpha value is -3.15. The molecular formula is C23H27N3O3. The Bertz CT molecular complexity index is 1060. The summed E-state index contributed by atoms with van der Waals surface area (Å²) in [5.41, 5.74) is 1.50. The predicted molar refractivity (Wildman–Crippen MR) is 114 cm³/mol. The van der Waals surface area contributed by atoms with E-state index in [9.17, 15) is 9.59 Å². The molecule has 0 aliphatic rings. The van der Waals surface area contributed by atoms with E-state index in [2.05, 4.69) is 0 Å². The van der Waals surface area contributed by atoms with E-state index in [0.717, 1.165) is 17.7 Å². The number of amides is 1. The number of hydrogen-bond acceptors (Lipinski definition) is 4. The van der Waals surface area contributed by atoms with Crippen LogP contribution in [0.3, 0.4) is 0 Å². The third-order valence-electron chi connectivity index (χ3n) is 5.20. The van der Waals surface area contributed by atoms with Crippen molar-refractivity contribution in [3.8, 4) is 5.75 Å². The molecule has 3 rings (SSSR count). The molecule has 29 heavy (non-hydrogen) atoms. The van der Waals surface area contributed by atoms with Gasteiger partial charge in [-0.05, 0) is 43.2 Å². The van der Waals surface area contributed by atoms with Gasteiger partial charge in [0.1, 0.15) is 11.6 Å². The lowest BCUT2D eigenvalue weighted by molar-refractivity contribution is -0.131. The van der Waals surface area contributed by atoms with Gasteiger partial charge in [0.2, 0.25) is 5.91 Å². The van der Waals surface area contributed by atoms with E-state index in [0.29, 0.717) is 23.3 Å². The van der Waals surface area contributed by atoms with E-state index in [1.165, 1.54) is 0 Å². The van der Waals surface area contributed by atoms with Gasteiger partial charge in [-0.3, -0.25) is 14.2 Å². The number of methoxy groups -OCH3 is 1. The van der Waals surface area contributed by atoms with Crippen LogP contribution < -0.4 is 10.3 Å². The Labute approximate surface area is 170 Å². The van der Waals surface area contributed by atoms with Gasteiger partial charge in [-0.25, -0.2) is 4.98 Å². The molecule has 3 aromatic rings. The number of hydrogen-bond donors (Lipinski definition) is 0. The Balaban J connectivity index is 1.90. The molecule has 1 atom stereocenters. The number of benzene rings is 2. The summed E-state index contributed by atoms with van der Waals surface area (Å²) in [4.78, 5) is 32.3. The number of nitrogens with zero attached hydrogens (tertiary/aromatic N) is 3.